The van der Waals surface area contributed by atoms with E-state index in [0.717, 1.165) is 22.0 Å². The van der Waals surface area contributed by atoms with Crippen molar-refractivity contribution < 1.29 is 0 Å². The number of aryl methyl sites for hydroxylation is 1. The maximum atomic E-state index is 4.55. The Morgan fingerprint density at radius 1 is 1.05 bits per heavy atom. The number of hydrogen-bond donors (Lipinski definition) is 1. The van der Waals surface area contributed by atoms with E-state index < -0.39 is 0 Å². The van der Waals surface area contributed by atoms with E-state index in [9.17, 15) is 0 Å². The van der Waals surface area contributed by atoms with Crippen molar-refractivity contribution in [2.45, 2.75) is 19.9 Å². The zero-order valence-electron chi connectivity index (χ0n) is 12.2. The van der Waals surface area contributed by atoms with Crippen molar-refractivity contribution in [2.75, 3.05) is 5.32 Å². The van der Waals surface area contributed by atoms with Crippen molar-refractivity contribution in [1.82, 2.24) is 4.98 Å². The van der Waals surface area contributed by atoms with Crippen LogP contribution in [-0.2, 0) is 0 Å². The normalized spacial score (nSPS) is 12.1. The van der Waals surface area contributed by atoms with Gasteiger partial charge in [-0.15, -0.1) is 11.3 Å². The second kappa shape index (κ2) is 6.10. The third-order valence-electron chi connectivity index (χ3n) is 3.46. The average Bonchev–Trinajstić information content (AvgIpc) is 2.95. The van der Waals surface area contributed by atoms with Gasteiger partial charge in [-0.1, -0.05) is 42.5 Å². The zero-order chi connectivity index (χ0) is 14.7. The van der Waals surface area contributed by atoms with Crippen molar-refractivity contribution >= 4 is 17.0 Å². The molecule has 0 radical (unpaired) electrons. The van der Waals surface area contributed by atoms with Crippen LogP contribution in [0.4, 0.5) is 5.69 Å². The van der Waals surface area contributed by atoms with Crippen molar-refractivity contribution in [2.24, 2.45) is 0 Å². The zero-order valence-corrected chi connectivity index (χ0v) is 13.0. The summed E-state index contributed by atoms with van der Waals surface area (Å²) in [7, 11) is 0. The van der Waals surface area contributed by atoms with E-state index >= 15 is 0 Å². The molecule has 0 aliphatic carbocycles. The molecule has 1 heterocycles. The van der Waals surface area contributed by atoms with Crippen LogP contribution >= 0.6 is 11.3 Å². The molecular weight excluding hydrogens is 276 g/mol. The number of benzene rings is 2. The third-order valence-corrected chi connectivity index (χ3v) is 4.23. The largest absolute Gasteiger partial charge is 0.379 e. The van der Waals surface area contributed by atoms with Crippen LogP contribution < -0.4 is 5.32 Å². The maximum absolute atomic E-state index is 4.55. The molecule has 3 heteroatoms. The lowest BCUT2D eigenvalue weighted by Gasteiger charge is -2.16. The molecule has 1 aromatic heterocycles. The number of anilines is 1. The van der Waals surface area contributed by atoms with E-state index in [4.69, 9.17) is 0 Å². The van der Waals surface area contributed by atoms with E-state index in [1.165, 1.54) is 5.56 Å². The van der Waals surface area contributed by atoms with Gasteiger partial charge in [0.1, 0.15) is 0 Å². The second-order valence-corrected chi connectivity index (χ2v) is 6.17. The van der Waals surface area contributed by atoms with Crippen molar-refractivity contribution in [3.8, 4) is 11.3 Å². The van der Waals surface area contributed by atoms with Crippen molar-refractivity contribution in [3.63, 3.8) is 0 Å². The Morgan fingerprint density at radius 3 is 2.57 bits per heavy atom. The summed E-state index contributed by atoms with van der Waals surface area (Å²) < 4.78 is 0. The molecule has 106 valence electrons. The van der Waals surface area contributed by atoms with Gasteiger partial charge in [-0.2, -0.15) is 0 Å². The predicted octanol–water partition coefficient (Wildman–Crippen LogP) is 5.29. The Balaban J connectivity index is 1.80. The molecule has 0 amide bonds. The van der Waals surface area contributed by atoms with Crippen LogP contribution in [0.25, 0.3) is 11.3 Å². The Kier molecular flexibility index (Phi) is 4.02. The van der Waals surface area contributed by atoms with Crippen LogP contribution in [-0.4, -0.2) is 4.98 Å². The highest BCUT2D eigenvalue weighted by Crippen LogP contribution is 2.26. The molecule has 21 heavy (non-hydrogen) atoms. The summed E-state index contributed by atoms with van der Waals surface area (Å²) in [5.41, 5.74) is 4.61. The van der Waals surface area contributed by atoms with Crippen LogP contribution in [0.2, 0.25) is 0 Å². The molecular formula is C18H18N2S. The van der Waals surface area contributed by atoms with Crippen LogP contribution in [0.1, 0.15) is 23.5 Å². The molecule has 1 N–H and O–H groups in total. The first-order valence-electron chi connectivity index (χ1n) is 7.06. The van der Waals surface area contributed by atoms with Gasteiger partial charge in [-0.3, -0.25) is 0 Å². The highest BCUT2D eigenvalue weighted by Gasteiger charge is 2.06. The quantitative estimate of drug-likeness (QED) is 0.707. The van der Waals surface area contributed by atoms with Gasteiger partial charge in [-0.05, 0) is 31.5 Å². The molecule has 0 bridgehead atoms. The minimum absolute atomic E-state index is 0.277. The maximum Gasteiger partial charge on any atom is 0.0901 e. The highest BCUT2D eigenvalue weighted by atomic mass is 32.1. The second-order valence-electron chi connectivity index (χ2n) is 5.11. The molecule has 2 aromatic carbocycles. The van der Waals surface area contributed by atoms with Crippen LogP contribution in [0.5, 0.6) is 0 Å². The monoisotopic (exact) mass is 294 g/mol. The summed E-state index contributed by atoms with van der Waals surface area (Å²) in [6.07, 6.45) is 0. The van der Waals surface area contributed by atoms with E-state index in [1.54, 1.807) is 11.3 Å². The van der Waals surface area contributed by atoms with E-state index in [2.05, 4.69) is 71.1 Å². The number of hydrogen-bond acceptors (Lipinski definition) is 3. The van der Waals surface area contributed by atoms with Crippen LogP contribution in [0, 0.1) is 6.92 Å². The molecule has 1 unspecified atom stereocenters. The van der Waals surface area contributed by atoms with E-state index in [1.807, 2.05) is 13.0 Å². The Bertz CT molecular complexity index is 719. The Labute approximate surface area is 129 Å². The van der Waals surface area contributed by atoms with Crippen LogP contribution in [0.3, 0.4) is 0 Å². The van der Waals surface area contributed by atoms with Gasteiger partial charge in [-0.25, -0.2) is 4.98 Å². The molecule has 1 atom stereocenters. The third kappa shape index (κ3) is 3.31. The van der Waals surface area contributed by atoms with Crippen molar-refractivity contribution in [1.29, 1.82) is 0 Å². The van der Waals surface area contributed by atoms with Gasteiger partial charge in [0.15, 0.2) is 0 Å². The van der Waals surface area contributed by atoms with Gasteiger partial charge >= 0.3 is 0 Å². The van der Waals surface area contributed by atoms with Gasteiger partial charge in [0, 0.05) is 22.7 Å². The number of aromatic nitrogens is 1. The molecule has 0 saturated carbocycles. The summed E-state index contributed by atoms with van der Waals surface area (Å²) in [5, 5.41) is 6.76. The fourth-order valence-electron chi connectivity index (χ4n) is 2.34. The lowest BCUT2D eigenvalue weighted by Crippen LogP contribution is -2.06. The number of nitrogens with one attached hydrogen (secondary N) is 1. The molecule has 0 saturated heterocycles. The summed E-state index contributed by atoms with van der Waals surface area (Å²) >= 11 is 1.68. The number of nitrogens with zero attached hydrogens (tertiary/aromatic N) is 1. The number of thiazole rings is 1. The Morgan fingerprint density at radius 2 is 1.86 bits per heavy atom. The Hall–Kier alpha value is -2.13. The van der Waals surface area contributed by atoms with E-state index in [-0.39, 0.29) is 6.04 Å². The van der Waals surface area contributed by atoms with Gasteiger partial charge in [0.25, 0.3) is 0 Å². The molecule has 0 fully saturated rings. The van der Waals surface area contributed by atoms with Gasteiger partial charge < -0.3 is 5.32 Å². The van der Waals surface area contributed by atoms with Gasteiger partial charge in [0.2, 0.25) is 0 Å². The van der Waals surface area contributed by atoms with Gasteiger partial charge in [0.05, 0.1) is 10.7 Å². The standard InChI is InChI=1S/C18H18N2S/c1-13(15-7-4-3-5-8-15)19-17-10-6-9-16(11-17)18-12-21-14(2)20-18/h3-13,19H,1-2H3. The molecule has 0 aliphatic heterocycles. The minimum Gasteiger partial charge on any atom is -0.379 e. The SMILES string of the molecule is Cc1nc(-c2cccc(NC(C)c3ccccc3)c2)cs1. The average molecular weight is 294 g/mol. The smallest absolute Gasteiger partial charge is 0.0901 e. The lowest BCUT2D eigenvalue weighted by atomic mass is 10.1. The molecule has 3 aromatic rings. The first kappa shape index (κ1) is 13.8. The summed E-state index contributed by atoms with van der Waals surface area (Å²) in [6.45, 7) is 4.21. The fraction of sp³-hybridized carbons (Fsp3) is 0.167. The molecule has 0 aliphatic rings. The fourth-order valence-corrected chi connectivity index (χ4v) is 2.96. The van der Waals surface area contributed by atoms with Crippen LogP contribution in [0.15, 0.2) is 60.0 Å². The summed E-state index contributed by atoms with van der Waals surface area (Å²) in [5.74, 6) is 0. The lowest BCUT2D eigenvalue weighted by molar-refractivity contribution is 0.885. The minimum atomic E-state index is 0.277. The molecule has 2 nitrogen and oxygen atoms in total. The first-order chi connectivity index (χ1) is 10.2. The van der Waals surface area contributed by atoms with Crippen molar-refractivity contribution in [3.05, 3.63) is 70.5 Å². The molecule has 3 rings (SSSR count). The first-order valence-corrected chi connectivity index (χ1v) is 7.94. The topological polar surface area (TPSA) is 24.9 Å². The summed E-state index contributed by atoms with van der Waals surface area (Å²) in [6, 6.07) is 19.2. The predicted molar refractivity (Wildman–Crippen MR) is 90.8 cm³/mol. The highest BCUT2D eigenvalue weighted by molar-refractivity contribution is 7.09. The number of rotatable bonds is 4. The summed E-state index contributed by atoms with van der Waals surface area (Å²) in [4.78, 5) is 4.55. The van der Waals surface area contributed by atoms with E-state index in [0.29, 0.717) is 0 Å². The molecule has 0 spiro atoms.